The van der Waals surface area contributed by atoms with E-state index in [4.69, 9.17) is 5.26 Å². The number of H-pyrrole nitrogens is 1. The molecule has 0 aliphatic carbocycles. The fraction of sp³-hybridized carbons (Fsp3) is 0.0769. The second-order valence-corrected chi connectivity index (χ2v) is 3.92. The number of nitrogens with one attached hydrogen (secondary N) is 3. The first-order valence-electron chi connectivity index (χ1n) is 5.80. The third-order valence-corrected chi connectivity index (χ3v) is 2.53. The van der Waals surface area contributed by atoms with Gasteiger partial charge in [-0.05, 0) is 18.6 Å². The first-order chi connectivity index (χ1) is 9.70. The van der Waals surface area contributed by atoms with Gasteiger partial charge in [-0.3, -0.25) is 4.79 Å². The number of aryl methyl sites for hydroxylation is 1. The van der Waals surface area contributed by atoms with Crippen LogP contribution >= 0.6 is 0 Å². The van der Waals surface area contributed by atoms with Crippen LogP contribution < -0.4 is 10.6 Å². The molecule has 7 nitrogen and oxygen atoms in total. The minimum Gasteiger partial charge on any atom is -0.330 e. The molecular formula is C13H12N6O. The molecule has 0 fully saturated rings. The highest BCUT2D eigenvalue weighted by Crippen LogP contribution is 2.14. The summed E-state index contributed by atoms with van der Waals surface area (Å²) in [6, 6.07) is 9.15. The summed E-state index contributed by atoms with van der Waals surface area (Å²) in [7, 11) is 0. The Morgan fingerprint density at radius 3 is 2.90 bits per heavy atom. The number of hydrogen-bond donors (Lipinski definition) is 3. The molecule has 1 aromatic carbocycles. The maximum absolute atomic E-state index is 12.0. The molecule has 1 amide bonds. The van der Waals surface area contributed by atoms with Crippen molar-refractivity contribution in [3.63, 3.8) is 0 Å². The number of para-hydroxylation sites is 1. The van der Waals surface area contributed by atoms with Crippen LogP contribution in [0.2, 0.25) is 0 Å². The highest BCUT2D eigenvalue weighted by molar-refractivity contribution is 6.07. The number of carbonyl (C=O) groups excluding carboxylic acids is 1. The number of amides is 1. The van der Waals surface area contributed by atoms with Crippen molar-refractivity contribution >= 4 is 17.5 Å². The number of rotatable bonds is 4. The lowest BCUT2D eigenvalue weighted by Crippen LogP contribution is -2.15. The van der Waals surface area contributed by atoms with Gasteiger partial charge >= 0.3 is 0 Å². The van der Waals surface area contributed by atoms with Gasteiger partial charge in [-0.25, -0.2) is 5.10 Å². The molecular weight excluding hydrogens is 256 g/mol. The van der Waals surface area contributed by atoms with Crippen LogP contribution in [-0.4, -0.2) is 21.1 Å². The maximum Gasteiger partial charge on any atom is 0.267 e. The zero-order valence-electron chi connectivity index (χ0n) is 10.7. The Bertz CT molecular complexity index is 668. The van der Waals surface area contributed by atoms with Crippen molar-refractivity contribution in [2.75, 3.05) is 10.6 Å². The number of nitrogens with zero attached hydrogens (tertiary/aromatic N) is 3. The van der Waals surface area contributed by atoms with Crippen LogP contribution in [0.25, 0.3) is 0 Å². The van der Waals surface area contributed by atoms with Crippen molar-refractivity contribution in [2.24, 2.45) is 0 Å². The Hall–Kier alpha value is -3.14. The quantitative estimate of drug-likeness (QED) is 0.576. The van der Waals surface area contributed by atoms with Crippen LogP contribution in [0, 0.1) is 18.3 Å². The molecule has 1 heterocycles. The Morgan fingerprint density at radius 1 is 1.45 bits per heavy atom. The van der Waals surface area contributed by atoms with E-state index in [-0.39, 0.29) is 5.57 Å². The second-order valence-electron chi connectivity index (χ2n) is 3.92. The van der Waals surface area contributed by atoms with E-state index in [1.165, 1.54) is 12.5 Å². The lowest BCUT2D eigenvalue weighted by Gasteiger charge is -2.07. The van der Waals surface area contributed by atoms with Crippen molar-refractivity contribution in [3.8, 4) is 6.07 Å². The number of benzene rings is 1. The summed E-state index contributed by atoms with van der Waals surface area (Å²) in [4.78, 5) is 15.8. The molecule has 2 rings (SSSR count). The molecule has 0 saturated carbocycles. The maximum atomic E-state index is 12.0. The molecule has 100 valence electrons. The number of carbonyl (C=O) groups is 1. The van der Waals surface area contributed by atoms with Crippen LogP contribution in [0.4, 0.5) is 11.6 Å². The monoisotopic (exact) mass is 268 g/mol. The van der Waals surface area contributed by atoms with Crippen molar-refractivity contribution in [1.29, 1.82) is 5.26 Å². The first kappa shape index (κ1) is 13.3. The summed E-state index contributed by atoms with van der Waals surface area (Å²) in [6.07, 6.45) is 2.59. The molecule has 0 bridgehead atoms. The lowest BCUT2D eigenvalue weighted by molar-refractivity contribution is -0.112. The molecule has 1 aromatic heterocycles. The fourth-order valence-electron chi connectivity index (χ4n) is 1.47. The normalized spacial score (nSPS) is 10.7. The van der Waals surface area contributed by atoms with Gasteiger partial charge in [-0.2, -0.15) is 15.3 Å². The molecule has 3 N–H and O–H groups in total. The molecule has 0 unspecified atom stereocenters. The van der Waals surface area contributed by atoms with E-state index < -0.39 is 5.91 Å². The summed E-state index contributed by atoms with van der Waals surface area (Å²) in [5.41, 5.74) is 1.52. The number of anilines is 2. The summed E-state index contributed by atoms with van der Waals surface area (Å²) >= 11 is 0. The number of aromatic amines is 1. The zero-order valence-corrected chi connectivity index (χ0v) is 10.7. The van der Waals surface area contributed by atoms with Crippen LogP contribution in [0.3, 0.4) is 0 Å². The van der Waals surface area contributed by atoms with E-state index >= 15 is 0 Å². The fourth-order valence-corrected chi connectivity index (χ4v) is 1.47. The van der Waals surface area contributed by atoms with Gasteiger partial charge in [0.15, 0.2) is 0 Å². The van der Waals surface area contributed by atoms with Gasteiger partial charge in [-0.15, -0.1) is 0 Å². The molecule has 0 aliphatic heterocycles. The zero-order chi connectivity index (χ0) is 14.4. The van der Waals surface area contributed by atoms with Crippen LogP contribution in [0.1, 0.15) is 5.56 Å². The van der Waals surface area contributed by atoms with E-state index in [1.807, 2.05) is 31.2 Å². The first-order valence-corrected chi connectivity index (χ1v) is 5.80. The van der Waals surface area contributed by atoms with Gasteiger partial charge in [-0.1, -0.05) is 18.2 Å². The smallest absolute Gasteiger partial charge is 0.267 e. The van der Waals surface area contributed by atoms with E-state index in [0.29, 0.717) is 11.6 Å². The average molecular weight is 268 g/mol. The molecule has 0 radical (unpaired) electrons. The Labute approximate surface area is 115 Å². The molecule has 2 aromatic rings. The van der Waals surface area contributed by atoms with Gasteiger partial charge in [0.05, 0.1) is 0 Å². The van der Waals surface area contributed by atoms with Gasteiger partial charge in [0.2, 0.25) is 5.95 Å². The topological polar surface area (TPSA) is 106 Å². The summed E-state index contributed by atoms with van der Waals surface area (Å²) in [5.74, 6) is -0.143. The second kappa shape index (κ2) is 6.15. The van der Waals surface area contributed by atoms with E-state index in [1.54, 1.807) is 6.07 Å². The average Bonchev–Trinajstić information content (AvgIpc) is 2.95. The van der Waals surface area contributed by atoms with Gasteiger partial charge in [0.1, 0.15) is 18.0 Å². The van der Waals surface area contributed by atoms with Crippen molar-refractivity contribution in [1.82, 2.24) is 15.2 Å². The predicted octanol–water partition coefficient (Wildman–Crippen LogP) is 1.57. The highest BCUT2D eigenvalue weighted by atomic mass is 16.1. The third-order valence-electron chi connectivity index (χ3n) is 2.53. The molecule has 20 heavy (non-hydrogen) atoms. The Kier molecular flexibility index (Phi) is 4.09. The van der Waals surface area contributed by atoms with Crippen LogP contribution in [-0.2, 0) is 4.79 Å². The van der Waals surface area contributed by atoms with Crippen molar-refractivity contribution in [2.45, 2.75) is 6.92 Å². The van der Waals surface area contributed by atoms with E-state index in [0.717, 1.165) is 5.56 Å². The molecule has 0 atom stereocenters. The molecule has 0 saturated heterocycles. The van der Waals surface area contributed by atoms with E-state index in [9.17, 15) is 4.79 Å². The van der Waals surface area contributed by atoms with Crippen molar-refractivity contribution in [3.05, 3.63) is 47.9 Å². The third kappa shape index (κ3) is 3.20. The summed E-state index contributed by atoms with van der Waals surface area (Å²) in [5, 5.41) is 20.6. The Morgan fingerprint density at radius 2 is 2.25 bits per heavy atom. The minimum absolute atomic E-state index is 0.0651. The van der Waals surface area contributed by atoms with Crippen LogP contribution in [0.15, 0.2) is 42.4 Å². The molecule has 0 aliphatic rings. The standard InChI is InChI=1S/C13H12N6O/c1-9-4-2-3-5-11(9)18-12(20)10(6-14)7-15-13-16-8-17-19-13/h2-5,7-8H,1H3,(H,18,20)(H2,15,16,17,19)/b10-7-. The largest absolute Gasteiger partial charge is 0.330 e. The number of nitriles is 1. The number of hydrogen-bond acceptors (Lipinski definition) is 5. The van der Waals surface area contributed by atoms with Gasteiger partial charge < -0.3 is 10.6 Å². The summed E-state index contributed by atoms with van der Waals surface area (Å²) in [6.45, 7) is 1.87. The highest BCUT2D eigenvalue weighted by Gasteiger charge is 2.10. The minimum atomic E-state index is -0.492. The van der Waals surface area contributed by atoms with Crippen molar-refractivity contribution < 1.29 is 4.79 Å². The Balaban J connectivity index is 2.08. The molecule has 0 spiro atoms. The van der Waals surface area contributed by atoms with Gasteiger partial charge in [0.25, 0.3) is 5.91 Å². The van der Waals surface area contributed by atoms with Gasteiger partial charge in [0, 0.05) is 11.9 Å². The van der Waals surface area contributed by atoms with Crippen LogP contribution in [0.5, 0.6) is 0 Å². The lowest BCUT2D eigenvalue weighted by atomic mass is 10.2. The number of aromatic nitrogens is 3. The SMILES string of the molecule is Cc1ccccc1NC(=O)/C(C#N)=C\Nc1ncn[nH]1. The van der Waals surface area contributed by atoms with E-state index in [2.05, 4.69) is 25.8 Å². The molecule has 7 heteroatoms. The summed E-state index contributed by atoms with van der Waals surface area (Å²) < 4.78 is 0. The predicted molar refractivity (Wildman–Crippen MR) is 73.5 cm³/mol.